The lowest BCUT2D eigenvalue weighted by molar-refractivity contribution is -0.138. The van der Waals surface area contributed by atoms with E-state index in [2.05, 4.69) is 0 Å². The number of primary amides is 1. The molecule has 1 heterocycles. The van der Waals surface area contributed by atoms with Crippen molar-refractivity contribution in [1.82, 2.24) is 4.90 Å². The van der Waals surface area contributed by atoms with Crippen LogP contribution in [-0.4, -0.2) is 46.7 Å². The van der Waals surface area contributed by atoms with E-state index >= 15 is 0 Å². The zero-order chi connectivity index (χ0) is 15.0. The maximum absolute atomic E-state index is 12.0. The van der Waals surface area contributed by atoms with Crippen LogP contribution in [0.1, 0.15) is 38.5 Å². The minimum absolute atomic E-state index is 0.0357. The summed E-state index contributed by atoms with van der Waals surface area (Å²) >= 11 is 1.53. The van der Waals surface area contributed by atoms with E-state index in [4.69, 9.17) is 11.5 Å². The number of carbonyl (C=O) groups is 3. The molecule has 4 N–H and O–H groups in total. The van der Waals surface area contributed by atoms with Crippen molar-refractivity contribution in [2.75, 3.05) is 18.8 Å². The number of rotatable bonds is 10. The first-order chi connectivity index (χ1) is 9.56. The second-order valence-electron chi connectivity index (χ2n) is 4.87. The molecule has 7 heteroatoms. The highest BCUT2D eigenvalue weighted by Gasteiger charge is 2.38. The van der Waals surface area contributed by atoms with Crippen molar-refractivity contribution < 1.29 is 14.4 Å². The number of likely N-dealkylation sites (tertiary alicyclic amines) is 1. The Morgan fingerprint density at radius 3 is 2.60 bits per heavy atom. The van der Waals surface area contributed by atoms with Crippen molar-refractivity contribution in [3.8, 4) is 0 Å². The highest BCUT2D eigenvalue weighted by molar-refractivity contribution is 8.00. The first-order valence-corrected chi connectivity index (χ1v) is 8.05. The highest BCUT2D eigenvalue weighted by Crippen LogP contribution is 2.26. The molecule has 0 aromatic rings. The average molecular weight is 301 g/mol. The molecule has 20 heavy (non-hydrogen) atoms. The molecule has 0 aromatic carbocycles. The molecule has 1 atom stereocenters. The summed E-state index contributed by atoms with van der Waals surface area (Å²) in [4.78, 5) is 35.6. The van der Waals surface area contributed by atoms with Gasteiger partial charge >= 0.3 is 0 Å². The van der Waals surface area contributed by atoms with Crippen molar-refractivity contribution in [3.05, 3.63) is 0 Å². The van der Waals surface area contributed by atoms with Crippen molar-refractivity contribution in [3.63, 3.8) is 0 Å². The highest BCUT2D eigenvalue weighted by atomic mass is 32.2. The Balaban J connectivity index is 2.25. The van der Waals surface area contributed by atoms with Gasteiger partial charge in [0.15, 0.2) is 0 Å². The van der Waals surface area contributed by atoms with Crippen LogP contribution < -0.4 is 11.5 Å². The zero-order valence-corrected chi connectivity index (χ0v) is 12.5. The summed E-state index contributed by atoms with van der Waals surface area (Å²) in [6.07, 6.45) is 4.55. The lowest BCUT2D eigenvalue weighted by Gasteiger charge is -2.13. The first kappa shape index (κ1) is 17.0. The maximum atomic E-state index is 12.0. The number of amides is 3. The molecule has 1 aliphatic rings. The van der Waals surface area contributed by atoms with Crippen LogP contribution in [0.4, 0.5) is 0 Å². The Labute approximate surface area is 123 Å². The number of thioether (sulfide) groups is 1. The van der Waals surface area contributed by atoms with Gasteiger partial charge in [0, 0.05) is 19.4 Å². The van der Waals surface area contributed by atoms with Gasteiger partial charge in [-0.15, -0.1) is 11.8 Å². The fourth-order valence-electron chi connectivity index (χ4n) is 2.07. The molecule has 1 aliphatic heterocycles. The second kappa shape index (κ2) is 8.97. The number of unbranched alkanes of at least 4 members (excludes halogenated alkanes) is 3. The molecule has 0 aromatic heterocycles. The van der Waals surface area contributed by atoms with Gasteiger partial charge in [-0.05, 0) is 25.1 Å². The molecule has 3 amide bonds. The van der Waals surface area contributed by atoms with Crippen LogP contribution in [0.3, 0.4) is 0 Å². The van der Waals surface area contributed by atoms with Crippen LogP contribution in [0.2, 0.25) is 0 Å². The number of imide groups is 1. The topological polar surface area (TPSA) is 106 Å². The Morgan fingerprint density at radius 2 is 1.95 bits per heavy atom. The van der Waals surface area contributed by atoms with E-state index < -0.39 is 5.91 Å². The fraction of sp³-hybridized carbons (Fsp3) is 0.769. The summed E-state index contributed by atoms with van der Waals surface area (Å²) in [6, 6.07) is 0. The largest absolute Gasteiger partial charge is 0.370 e. The number of carbonyl (C=O) groups excluding carboxylic acids is 3. The molecule has 0 radical (unpaired) electrons. The van der Waals surface area contributed by atoms with E-state index in [0.29, 0.717) is 0 Å². The van der Waals surface area contributed by atoms with Gasteiger partial charge in [-0.3, -0.25) is 19.3 Å². The summed E-state index contributed by atoms with van der Waals surface area (Å²) < 4.78 is 0. The third-order valence-electron chi connectivity index (χ3n) is 3.20. The quantitative estimate of drug-likeness (QED) is 0.444. The molecule has 0 spiro atoms. The monoisotopic (exact) mass is 301 g/mol. The minimum atomic E-state index is -0.499. The van der Waals surface area contributed by atoms with Gasteiger partial charge < -0.3 is 11.5 Å². The molecular formula is C13H23N3O3S. The molecule has 1 fully saturated rings. The molecule has 0 saturated carbocycles. The van der Waals surface area contributed by atoms with E-state index in [1.54, 1.807) is 0 Å². The van der Waals surface area contributed by atoms with Gasteiger partial charge in [0.05, 0.1) is 5.25 Å². The Bertz CT molecular complexity index is 363. The lowest BCUT2D eigenvalue weighted by Crippen LogP contribution is -2.34. The van der Waals surface area contributed by atoms with E-state index in [0.717, 1.165) is 42.9 Å². The van der Waals surface area contributed by atoms with Gasteiger partial charge in [0.1, 0.15) is 0 Å². The smallest absolute Gasteiger partial charge is 0.242 e. The van der Waals surface area contributed by atoms with Crippen molar-refractivity contribution in [2.45, 2.75) is 43.8 Å². The van der Waals surface area contributed by atoms with Gasteiger partial charge in [0.25, 0.3) is 0 Å². The molecule has 0 aliphatic carbocycles. The summed E-state index contributed by atoms with van der Waals surface area (Å²) in [7, 11) is 0. The number of nitrogens with zero attached hydrogens (tertiary/aromatic N) is 1. The fourth-order valence-corrected chi connectivity index (χ4v) is 3.25. The number of nitrogens with two attached hydrogens (primary N) is 2. The van der Waals surface area contributed by atoms with Crippen molar-refractivity contribution in [1.29, 1.82) is 0 Å². The third-order valence-corrected chi connectivity index (χ3v) is 4.50. The Hall–Kier alpha value is -1.08. The predicted octanol–water partition coefficient (Wildman–Crippen LogP) is 0.242. The van der Waals surface area contributed by atoms with Crippen molar-refractivity contribution in [2.24, 2.45) is 11.5 Å². The van der Waals surface area contributed by atoms with Gasteiger partial charge in [-0.2, -0.15) is 0 Å². The molecule has 1 saturated heterocycles. The minimum Gasteiger partial charge on any atom is -0.370 e. The van der Waals surface area contributed by atoms with Crippen LogP contribution in [0.25, 0.3) is 0 Å². The summed E-state index contributed by atoms with van der Waals surface area (Å²) in [5.74, 6) is -0.000495. The van der Waals surface area contributed by atoms with E-state index in [-0.39, 0.29) is 36.5 Å². The summed E-state index contributed by atoms with van der Waals surface area (Å²) in [5, 5.41) is -0.287. The van der Waals surface area contributed by atoms with Crippen molar-refractivity contribution >= 4 is 29.5 Å². The van der Waals surface area contributed by atoms with Crippen LogP contribution in [0, 0.1) is 0 Å². The van der Waals surface area contributed by atoms with Crippen LogP contribution >= 0.6 is 11.8 Å². The van der Waals surface area contributed by atoms with Gasteiger partial charge in [-0.1, -0.05) is 12.8 Å². The lowest BCUT2D eigenvalue weighted by atomic mass is 10.2. The van der Waals surface area contributed by atoms with Gasteiger partial charge in [0.2, 0.25) is 17.7 Å². The molecule has 114 valence electrons. The van der Waals surface area contributed by atoms with E-state index in [9.17, 15) is 14.4 Å². The summed E-state index contributed by atoms with van der Waals surface area (Å²) in [5.41, 5.74) is 10.4. The van der Waals surface area contributed by atoms with E-state index in [1.165, 1.54) is 11.8 Å². The number of hydrogen-bond donors (Lipinski definition) is 2. The second-order valence-corrected chi connectivity index (χ2v) is 6.18. The molecule has 0 bridgehead atoms. The molecule has 1 unspecified atom stereocenters. The number of hydrogen-bond acceptors (Lipinski definition) is 5. The molecule has 1 rings (SSSR count). The molecule has 6 nitrogen and oxygen atoms in total. The standard InChI is InChI=1S/C13H23N3O3S/c14-6-3-1-2-4-8-20-10-9-12(18)16(13(10)19)7-5-11(15)17/h10H,1-9,14H2,(H2,15,17). The van der Waals surface area contributed by atoms with Gasteiger partial charge in [-0.25, -0.2) is 0 Å². The predicted molar refractivity (Wildman–Crippen MR) is 78.9 cm³/mol. The van der Waals surface area contributed by atoms with Crippen LogP contribution in [-0.2, 0) is 14.4 Å². The maximum Gasteiger partial charge on any atom is 0.242 e. The third kappa shape index (κ3) is 5.50. The average Bonchev–Trinajstić information content (AvgIpc) is 2.66. The summed E-state index contributed by atoms with van der Waals surface area (Å²) in [6.45, 7) is 0.831. The normalized spacial score (nSPS) is 18.9. The van der Waals surface area contributed by atoms with Crippen LogP contribution in [0.15, 0.2) is 0 Å². The SMILES string of the molecule is NCCCCCCSC1CC(=O)N(CCC(N)=O)C1=O. The van der Waals surface area contributed by atoms with Crippen LogP contribution in [0.5, 0.6) is 0 Å². The first-order valence-electron chi connectivity index (χ1n) is 7.00. The van der Waals surface area contributed by atoms with E-state index in [1.807, 2.05) is 0 Å². The zero-order valence-electron chi connectivity index (χ0n) is 11.7. The Morgan fingerprint density at radius 1 is 1.25 bits per heavy atom. The molecular weight excluding hydrogens is 278 g/mol. The Kier molecular flexibility index (Phi) is 7.61.